The van der Waals surface area contributed by atoms with Crippen molar-refractivity contribution in [1.29, 1.82) is 0 Å². The fourth-order valence-electron chi connectivity index (χ4n) is 2.19. The number of benzene rings is 2. The molecule has 0 aliphatic heterocycles. The van der Waals surface area contributed by atoms with E-state index >= 15 is 0 Å². The van der Waals surface area contributed by atoms with Gasteiger partial charge in [0.1, 0.15) is 0 Å². The van der Waals surface area contributed by atoms with E-state index < -0.39 is 5.97 Å². The van der Waals surface area contributed by atoms with Crippen LogP contribution in [0.5, 0.6) is 11.5 Å². The number of carbonyl (C=O) groups is 1. The molecule has 1 heterocycles. The molecule has 27 heavy (non-hydrogen) atoms. The number of aromatic nitrogens is 1. The summed E-state index contributed by atoms with van der Waals surface area (Å²) in [5, 5.41) is 6.81. The van der Waals surface area contributed by atoms with Gasteiger partial charge in [-0.05, 0) is 48.9 Å². The lowest BCUT2D eigenvalue weighted by atomic mass is 10.2. The van der Waals surface area contributed by atoms with Crippen molar-refractivity contribution >= 4 is 44.6 Å². The van der Waals surface area contributed by atoms with Crippen molar-refractivity contribution in [1.82, 2.24) is 4.98 Å². The summed E-state index contributed by atoms with van der Waals surface area (Å²) in [6, 6.07) is 12.2. The Hall–Kier alpha value is -2.71. The van der Waals surface area contributed by atoms with E-state index in [1.165, 1.54) is 18.4 Å². The molecule has 0 aliphatic carbocycles. The first-order chi connectivity index (χ1) is 13.0. The predicted molar refractivity (Wildman–Crippen MR) is 110 cm³/mol. The van der Waals surface area contributed by atoms with Crippen LogP contribution in [-0.4, -0.2) is 24.3 Å². The molecule has 1 aromatic heterocycles. The zero-order chi connectivity index (χ0) is 19.2. The maximum atomic E-state index is 12.3. The second kappa shape index (κ2) is 8.79. The summed E-state index contributed by atoms with van der Waals surface area (Å²) >= 11 is 4.82. The van der Waals surface area contributed by atoms with E-state index in [0.29, 0.717) is 17.1 Å². The van der Waals surface area contributed by atoms with Gasteiger partial charge in [0.2, 0.25) is 5.13 Å². The van der Waals surface area contributed by atoms with Crippen LogP contribution in [0, 0.1) is 6.92 Å². The molecule has 0 atom stereocenters. The molecular weight excluding hydrogens is 430 g/mol. The molecule has 0 unspecified atom stereocenters. The number of anilines is 1. The van der Waals surface area contributed by atoms with Gasteiger partial charge in [-0.25, -0.2) is 9.78 Å². The molecule has 0 bridgehead atoms. The molecule has 0 amide bonds. The minimum absolute atomic E-state index is 0.336. The predicted octanol–water partition coefficient (Wildman–Crippen LogP) is 4.89. The number of nitrogens with zero attached hydrogens (tertiary/aromatic N) is 2. The molecule has 1 N–H and O–H groups in total. The van der Waals surface area contributed by atoms with Gasteiger partial charge < -0.3 is 9.47 Å². The highest BCUT2D eigenvalue weighted by atomic mass is 79.9. The number of halogens is 1. The quantitative estimate of drug-likeness (QED) is 0.253. The van der Waals surface area contributed by atoms with Gasteiger partial charge in [0, 0.05) is 9.85 Å². The first-order valence-electron chi connectivity index (χ1n) is 7.92. The Morgan fingerprint density at radius 2 is 2.11 bits per heavy atom. The second-order valence-electron chi connectivity index (χ2n) is 5.47. The first-order valence-corrected chi connectivity index (χ1v) is 9.59. The molecule has 0 spiro atoms. The summed E-state index contributed by atoms with van der Waals surface area (Å²) in [4.78, 5) is 16.6. The fourth-order valence-corrected chi connectivity index (χ4v) is 3.23. The van der Waals surface area contributed by atoms with Gasteiger partial charge in [0.05, 0.1) is 24.6 Å². The third kappa shape index (κ3) is 5.15. The zero-order valence-corrected chi connectivity index (χ0v) is 17.0. The summed E-state index contributed by atoms with van der Waals surface area (Å²) in [5.74, 6) is 0.312. The molecule has 138 valence electrons. The maximum Gasteiger partial charge on any atom is 0.343 e. The zero-order valence-electron chi connectivity index (χ0n) is 14.6. The van der Waals surface area contributed by atoms with Gasteiger partial charge >= 0.3 is 5.97 Å². The third-order valence-corrected chi connectivity index (χ3v) is 4.80. The number of aryl methyl sites for hydroxylation is 1. The van der Waals surface area contributed by atoms with Gasteiger partial charge in [-0.2, -0.15) is 5.10 Å². The second-order valence-corrected chi connectivity index (χ2v) is 7.25. The highest BCUT2D eigenvalue weighted by molar-refractivity contribution is 9.10. The average molecular weight is 446 g/mol. The number of hydrogen-bond donors (Lipinski definition) is 1. The van der Waals surface area contributed by atoms with E-state index in [4.69, 9.17) is 9.47 Å². The van der Waals surface area contributed by atoms with E-state index in [-0.39, 0.29) is 0 Å². The highest BCUT2D eigenvalue weighted by Gasteiger charge is 2.13. The number of hydrazone groups is 1. The van der Waals surface area contributed by atoms with Crippen molar-refractivity contribution < 1.29 is 14.3 Å². The summed E-state index contributed by atoms with van der Waals surface area (Å²) in [7, 11) is 1.52. The Balaban J connectivity index is 1.71. The molecule has 0 saturated carbocycles. The number of nitrogens with one attached hydrogen (secondary N) is 1. The number of esters is 1. The van der Waals surface area contributed by atoms with Gasteiger partial charge in [-0.3, -0.25) is 5.43 Å². The monoisotopic (exact) mass is 445 g/mol. The summed E-state index contributed by atoms with van der Waals surface area (Å²) in [5.41, 5.74) is 5.04. The Morgan fingerprint density at radius 1 is 1.26 bits per heavy atom. The standard InChI is InChI=1S/C19H16BrN3O3S/c1-12-11-27-19(22-12)23-21-10-13-6-7-16(17(8-13)25-2)26-18(24)14-4-3-5-15(20)9-14/h3-11H,1-2H3,(H,22,23)/b21-10+. The topological polar surface area (TPSA) is 72.8 Å². The molecule has 0 radical (unpaired) electrons. The Labute approximate surface area is 169 Å². The summed E-state index contributed by atoms with van der Waals surface area (Å²) in [6.45, 7) is 1.92. The van der Waals surface area contributed by atoms with Crippen LogP contribution >= 0.6 is 27.3 Å². The van der Waals surface area contributed by atoms with Crippen LogP contribution in [0.3, 0.4) is 0 Å². The molecule has 2 aromatic carbocycles. The summed E-state index contributed by atoms with van der Waals surface area (Å²) < 4.78 is 11.6. The van der Waals surface area contributed by atoms with E-state index in [1.807, 2.05) is 18.4 Å². The minimum Gasteiger partial charge on any atom is -0.493 e. The number of carbonyl (C=O) groups excluding carboxylic acids is 1. The molecule has 3 rings (SSSR count). The van der Waals surface area contributed by atoms with Crippen molar-refractivity contribution in [2.75, 3.05) is 12.5 Å². The Morgan fingerprint density at radius 3 is 2.81 bits per heavy atom. The largest absolute Gasteiger partial charge is 0.493 e. The molecule has 0 saturated heterocycles. The van der Waals surface area contributed by atoms with Gasteiger partial charge in [-0.15, -0.1) is 11.3 Å². The Kier molecular flexibility index (Phi) is 6.20. The van der Waals surface area contributed by atoms with Crippen molar-refractivity contribution in [3.05, 3.63) is 69.1 Å². The van der Waals surface area contributed by atoms with Gasteiger partial charge in [-0.1, -0.05) is 22.0 Å². The van der Waals surface area contributed by atoms with Gasteiger partial charge in [0.15, 0.2) is 11.5 Å². The lowest BCUT2D eigenvalue weighted by Gasteiger charge is -2.10. The van der Waals surface area contributed by atoms with Crippen LogP contribution in [0.2, 0.25) is 0 Å². The van der Waals surface area contributed by atoms with Crippen molar-refractivity contribution in [2.45, 2.75) is 6.92 Å². The van der Waals surface area contributed by atoms with Crippen LogP contribution in [-0.2, 0) is 0 Å². The van der Waals surface area contributed by atoms with Gasteiger partial charge in [0.25, 0.3) is 0 Å². The number of hydrogen-bond acceptors (Lipinski definition) is 7. The lowest BCUT2D eigenvalue weighted by molar-refractivity contribution is 0.0729. The molecular formula is C19H16BrN3O3S. The van der Waals surface area contributed by atoms with Crippen molar-refractivity contribution in [3.63, 3.8) is 0 Å². The van der Waals surface area contributed by atoms with E-state index in [0.717, 1.165) is 20.9 Å². The van der Waals surface area contributed by atoms with Crippen LogP contribution in [0.1, 0.15) is 21.6 Å². The van der Waals surface area contributed by atoms with E-state index in [2.05, 4.69) is 31.4 Å². The molecule has 8 heteroatoms. The lowest BCUT2D eigenvalue weighted by Crippen LogP contribution is -2.09. The summed E-state index contributed by atoms with van der Waals surface area (Å²) in [6.07, 6.45) is 1.64. The number of thiazole rings is 1. The third-order valence-electron chi connectivity index (χ3n) is 3.44. The van der Waals surface area contributed by atoms with Crippen LogP contribution in [0.15, 0.2) is 57.4 Å². The van der Waals surface area contributed by atoms with Crippen LogP contribution < -0.4 is 14.9 Å². The minimum atomic E-state index is -0.461. The average Bonchev–Trinajstić information content (AvgIpc) is 3.08. The van der Waals surface area contributed by atoms with E-state index in [1.54, 1.807) is 42.6 Å². The number of rotatable bonds is 6. The molecule has 0 aliphatic rings. The number of ether oxygens (including phenoxy) is 2. The molecule has 0 fully saturated rings. The maximum absolute atomic E-state index is 12.3. The molecule has 3 aromatic rings. The normalized spacial score (nSPS) is 10.8. The molecule has 6 nitrogen and oxygen atoms in total. The smallest absolute Gasteiger partial charge is 0.343 e. The van der Waals surface area contributed by atoms with Crippen LogP contribution in [0.25, 0.3) is 0 Å². The first kappa shape index (κ1) is 19.1. The highest BCUT2D eigenvalue weighted by Crippen LogP contribution is 2.28. The van der Waals surface area contributed by atoms with Crippen molar-refractivity contribution in [2.24, 2.45) is 5.10 Å². The van der Waals surface area contributed by atoms with Crippen molar-refractivity contribution in [3.8, 4) is 11.5 Å². The van der Waals surface area contributed by atoms with Crippen LogP contribution in [0.4, 0.5) is 5.13 Å². The number of methoxy groups -OCH3 is 1. The Bertz CT molecular complexity index is 988. The fraction of sp³-hybridized carbons (Fsp3) is 0.105. The van der Waals surface area contributed by atoms with E-state index in [9.17, 15) is 4.79 Å². The SMILES string of the molecule is COc1cc(/C=N/Nc2nc(C)cs2)ccc1OC(=O)c1cccc(Br)c1.